The minimum absolute atomic E-state index is 0.172. The summed E-state index contributed by atoms with van der Waals surface area (Å²) in [6, 6.07) is 6.30. The van der Waals surface area contributed by atoms with Gasteiger partial charge < -0.3 is 9.57 Å². The van der Waals surface area contributed by atoms with Gasteiger partial charge >= 0.3 is 0 Å². The first-order valence-electron chi connectivity index (χ1n) is 5.19. The molecule has 0 unspecified atom stereocenters. The SMILES string of the molecule is COc1ccc(C2(CON)CC2)cc1C. The lowest BCUT2D eigenvalue weighted by atomic mass is 9.95. The second kappa shape index (κ2) is 3.83. The van der Waals surface area contributed by atoms with Crippen molar-refractivity contribution in [3.63, 3.8) is 0 Å². The van der Waals surface area contributed by atoms with Gasteiger partial charge in [0.05, 0.1) is 13.7 Å². The van der Waals surface area contributed by atoms with Gasteiger partial charge in [0.2, 0.25) is 0 Å². The second-order valence-electron chi connectivity index (χ2n) is 4.28. The average molecular weight is 207 g/mol. The standard InChI is InChI=1S/C12H17NO2/c1-9-7-10(3-4-11(9)14-2)12(5-6-12)8-15-13/h3-4,7H,5-6,8,13H2,1-2H3. The van der Waals surface area contributed by atoms with Crippen LogP contribution in [0.2, 0.25) is 0 Å². The van der Waals surface area contributed by atoms with E-state index in [2.05, 4.69) is 19.1 Å². The van der Waals surface area contributed by atoms with Crippen LogP contribution in [0.4, 0.5) is 0 Å². The number of hydrogen-bond acceptors (Lipinski definition) is 3. The Balaban J connectivity index is 2.26. The Morgan fingerprint density at radius 2 is 2.13 bits per heavy atom. The summed E-state index contributed by atoms with van der Waals surface area (Å²) in [6.45, 7) is 2.67. The van der Waals surface area contributed by atoms with E-state index in [9.17, 15) is 0 Å². The molecule has 0 bridgehead atoms. The van der Waals surface area contributed by atoms with Crippen LogP contribution in [-0.2, 0) is 10.3 Å². The minimum Gasteiger partial charge on any atom is -0.496 e. The van der Waals surface area contributed by atoms with E-state index in [1.165, 1.54) is 11.1 Å². The van der Waals surface area contributed by atoms with E-state index < -0.39 is 0 Å². The zero-order valence-corrected chi connectivity index (χ0v) is 9.25. The minimum atomic E-state index is 0.172. The zero-order valence-electron chi connectivity index (χ0n) is 9.25. The van der Waals surface area contributed by atoms with Crippen LogP contribution in [0.1, 0.15) is 24.0 Å². The third kappa shape index (κ3) is 1.85. The highest BCUT2D eigenvalue weighted by molar-refractivity contribution is 5.41. The van der Waals surface area contributed by atoms with E-state index in [4.69, 9.17) is 15.5 Å². The summed E-state index contributed by atoms with van der Waals surface area (Å²) in [4.78, 5) is 4.79. The monoisotopic (exact) mass is 207 g/mol. The molecule has 1 saturated carbocycles. The van der Waals surface area contributed by atoms with Crippen molar-refractivity contribution in [3.8, 4) is 5.75 Å². The average Bonchev–Trinajstić information content (AvgIpc) is 2.99. The molecule has 0 amide bonds. The fourth-order valence-corrected chi connectivity index (χ4v) is 2.04. The van der Waals surface area contributed by atoms with E-state index >= 15 is 0 Å². The number of rotatable bonds is 4. The van der Waals surface area contributed by atoms with E-state index in [0.717, 1.165) is 18.6 Å². The van der Waals surface area contributed by atoms with Crippen LogP contribution in [0.25, 0.3) is 0 Å². The summed E-state index contributed by atoms with van der Waals surface area (Å²) in [5.41, 5.74) is 2.65. The van der Waals surface area contributed by atoms with Gasteiger partial charge in [0.25, 0.3) is 0 Å². The molecule has 0 spiro atoms. The van der Waals surface area contributed by atoms with Gasteiger partial charge in [-0.25, -0.2) is 5.90 Å². The van der Waals surface area contributed by atoms with Crippen LogP contribution >= 0.6 is 0 Å². The van der Waals surface area contributed by atoms with Crippen molar-refractivity contribution in [2.24, 2.45) is 5.90 Å². The quantitative estimate of drug-likeness (QED) is 0.767. The number of methoxy groups -OCH3 is 1. The molecule has 15 heavy (non-hydrogen) atoms. The van der Waals surface area contributed by atoms with Gasteiger partial charge in [-0.05, 0) is 37.0 Å². The molecule has 0 aromatic heterocycles. The highest BCUT2D eigenvalue weighted by Gasteiger charge is 2.44. The summed E-state index contributed by atoms with van der Waals surface area (Å²) >= 11 is 0. The Kier molecular flexibility index (Phi) is 2.67. The second-order valence-corrected chi connectivity index (χ2v) is 4.28. The fraction of sp³-hybridized carbons (Fsp3) is 0.500. The van der Waals surface area contributed by atoms with Crippen molar-refractivity contribution in [1.29, 1.82) is 0 Å². The van der Waals surface area contributed by atoms with Crippen LogP contribution < -0.4 is 10.6 Å². The van der Waals surface area contributed by atoms with Gasteiger partial charge in [-0.1, -0.05) is 12.1 Å². The predicted octanol–water partition coefficient (Wildman–Crippen LogP) is 1.93. The van der Waals surface area contributed by atoms with E-state index in [1.807, 2.05) is 6.07 Å². The molecule has 3 nitrogen and oxygen atoms in total. The lowest BCUT2D eigenvalue weighted by Gasteiger charge is -2.15. The maximum absolute atomic E-state index is 5.24. The molecule has 1 aromatic carbocycles. The summed E-state index contributed by atoms with van der Waals surface area (Å²) in [5, 5.41) is 0. The maximum Gasteiger partial charge on any atom is 0.121 e. The van der Waals surface area contributed by atoms with Crippen molar-refractivity contribution in [2.45, 2.75) is 25.2 Å². The highest BCUT2D eigenvalue weighted by atomic mass is 16.6. The van der Waals surface area contributed by atoms with Crippen molar-refractivity contribution in [1.82, 2.24) is 0 Å². The van der Waals surface area contributed by atoms with Gasteiger partial charge in [0, 0.05) is 5.41 Å². The maximum atomic E-state index is 5.24. The Morgan fingerprint density at radius 1 is 1.40 bits per heavy atom. The molecular formula is C12H17NO2. The fourth-order valence-electron chi connectivity index (χ4n) is 2.04. The summed E-state index contributed by atoms with van der Waals surface area (Å²) in [6.07, 6.45) is 2.33. The molecule has 1 aliphatic rings. The molecule has 82 valence electrons. The summed E-state index contributed by atoms with van der Waals surface area (Å²) < 4.78 is 5.24. The normalized spacial score (nSPS) is 17.5. The van der Waals surface area contributed by atoms with Crippen molar-refractivity contribution >= 4 is 0 Å². The van der Waals surface area contributed by atoms with Crippen LogP contribution in [0.5, 0.6) is 5.75 Å². The topological polar surface area (TPSA) is 44.5 Å². The highest BCUT2D eigenvalue weighted by Crippen LogP contribution is 2.48. The Hall–Kier alpha value is -1.06. The van der Waals surface area contributed by atoms with E-state index in [-0.39, 0.29) is 5.41 Å². The summed E-state index contributed by atoms with van der Waals surface area (Å²) in [5.74, 6) is 6.09. The Morgan fingerprint density at radius 3 is 2.60 bits per heavy atom. The molecule has 2 N–H and O–H groups in total. The summed E-state index contributed by atoms with van der Waals surface area (Å²) in [7, 11) is 1.69. The molecular weight excluding hydrogens is 190 g/mol. The molecule has 0 saturated heterocycles. The lowest BCUT2D eigenvalue weighted by Crippen LogP contribution is -2.18. The van der Waals surface area contributed by atoms with Crippen LogP contribution in [0.3, 0.4) is 0 Å². The Bertz CT molecular complexity index is 359. The molecule has 1 fully saturated rings. The van der Waals surface area contributed by atoms with Crippen LogP contribution in [0, 0.1) is 6.92 Å². The third-order valence-electron chi connectivity index (χ3n) is 3.22. The smallest absolute Gasteiger partial charge is 0.121 e. The molecule has 3 heteroatoms. The van der Waals surface area contributed by atoms with Crippen LogP contribution in [-0.4, -0.2) is 13.7 Å². The van der Waals surface area contributed by atoms with Gasteiger partial charge in [0.1, 0.15) is 5.75 Å². The lowest BCUT2D eigenvalue weighted by molar-refractivity contribution is 0.116. The number of ether oxygens (including phenoxy) is 1. The zero-order chi connectivity index (χ0) is 10.9. The number of hydrogen-bond donors (Lipinski definition) is 1. The molecule has 0 aliphatic heterocycles. The number of benzene rings is 1. The van der Waals surface area contributed by atoms with E-state index in [0.29, 0.717) is 6.61 Å². The number of aryl methyl sites for hydroxylation is 1. The first-order valence-corrected chi connectivity index (χ1v) is 5.19. The van der Waals surface area contributed by atoms with Gasteiger partial charge in [-0.3, -0.25) is 0 Å². The van der Waals surface area contributed by atoms with E-state index in [1.54, 1.807) is 7.11 Å². The molecule has 2 rings (SSSR count). The molecule has 1 aliphatic carbocycles. The van der Waals surface area contributed by atoms with Crippen molar-refractivity contribution < 1.29 is 9.57 Å². The van der Waals surface area contributed by atoms with Crippen LogP contribution in [0.15, 0.2) is 18.2 Å². The molecule has 0 atom stereocenters. The largest absolute Gasteiger partial charge is 0.496 e. The molecule has 0 heterocycles. The molecule has 1 aromatic rings. The van der Waals surface area contributed by atoms with Crippen molar-refractivity contribution in [3.05, 3.63) is 29.3 Å². The predicted molar refractivity (Wildman–Crippen MR) is 58.8 cm³/mol. The van der Waals surface area contributed by atoms with Gasteiger partial charge in [-0.2, -0.15) is 0 Å². The molecule has 0 radical (unpaired) electrons. The Labute approximate surface area is 90.1 Å². The number of nitrogens with two attached hydrogens (primary N) is 1. The first-order chi connectivity index (χ1) is 7.22. The van der Waals surface area contributed by atoms with Gasteiger partial charge in [-0.15, -0.1) is 0 Å². The van der Waals surface area contributed by atoms with Crippen molar-refractivity contribution in [2.75, 3.05) is 13.7 Å². The third-order valence-corrected chi connectivity index (χ3v) is 3.22. The first kappa shape index (κ1) is 10.5. The van der Waals surface area contributed by atoms with Gasteiger partial charge in [0.15, 0.2) is 0 Å².